The highest BCUT2D eigenvalue weighted by molar-refractivity contribution is 6.31. The molecule has 2 N–H and O–H groups in total. The normalized spacial score (nSPS) is 13.8. The first kappa shape index (κ1) is 20.8. The maximum Gasteiger partial charge on any atom is 0.307 e. The number of hydrogen-bond donors (Lipinski definition) is 2. The molecule has 0 aliphatic rings. The Kier molecular flexibility index (Phi) is 9.16. The third-order valence-corrected chi connectivity index (χ3v) is 4.42. The van der Waals surface area contributed by atoms with Crippen LogP contribution in [0, 0.1) is 18.8 Å². The second-order valence-electron chi connectivity index (χ2n) is 6.88. The van der Waals surface area contributed by atoms with Gasteiger partial charge >= 0.3 is 5.97 Å². The fourth-order valence-electron chi connectivity index (χ4n) is 2.57. The molecule has 0 aliphatic heterocycles. The van der Waals surface area contributed by atoms with Crippen LogP contribution in [0.5, 0.6) is 5.75 Å². The van der Waals surface area contributed by atoms with Crippen LogP contribution < -0.4 is 10.1 Å². The molecule has 0 heterocycles. The molecule has 1 aromatic carbocycles. The SMILES string of the molecule is Cc1cc(OCCCC(C)NCC(CC(C)C)C(=O)O)ccc1Cl. The van der Waals surface area contributed by atoms with Crippen LogP contribution >= 0.6 is 11.6 Å². The molecule has 0 aliphatic carbocycles. The van der Waals surface area contributed by atoms with E-state index in [0.29, 0.717) is 25.5 Å². The Morgan fingerprint density at radius 1 is 1.33 bits per heavy atom. The highest BCUT2D eigenvalue weighted by Gasteiger charge is 2.19. The van der Waals surface area contributed by atoms with Crippen molar-refractivity contribution in [2.75, 3.05) is 13.2 Å². The maximum atomic E-state index is 11.2. The molecule has 0 saturated heterocycles. The van der Waals surface area contributed by atoms with E-state index in [2.05, 4.69) is 26.1 Å². The Hall–Kier alpha value is -1.26. The molecule has 0 aromatic heterocycles. The van der Waals surface area contributed by atoms with Gasteiger partial charge in [-0.05, 0) is 62.8 Å². The lowest BCUT2D eigenvalue weighted by Gasteiger charge is -2.19. The van der Waals surface area contributed by atoms with Crippen LogP contribution in [0.25, 0.3) is 0 Å². The van der Waals surface area contributed by atoms with Crippen molar-refractivity contribution in [2.24, 2.45) is 11.8 Å². The molecule has 2 unspecified atom stereocenters. The lowest BCUT2D eigenvalue weighted by molar-refractivity contribution is -0.142. The van der Waals surface area contributed by atoms with Gasteiger partial charge in [-0.25, -0.2) is 0 Å². The molecule has 2 atom stereocenters. The average molecular weight is 356 g/mol. The topological polar surface area (TPSA) is 58.6 Å². The van der Waals surface area contributed by atoms with Crippen molar-refractivity contribution in [1.82, 2.24) is 5.32 Å². The van der Waals surface area contributed by atoms with E-state index < -0.39 is 5.97 Å². The number of carbonyl (C=O) groups is 1. The summed E-state index contributed by atoms with van der Waals surface area (Å²) >= 11 is 5.99. The Morgan fingerprint density at radius 2 is 2.04 bits per heavy atom. The van der Waals surface area contributed by atoms with E-state index in [4.69, 9.17) is 16.3 Å². The number of carboxylic acid groups (broad SMARTS) is 1. The second-order valence-corrected chi connectivity index (χ2v) is 7.28. The van der Waals surface area contributed by atoms with E-state index in [-0.39, 0.29) is 12.0 Å². The number of rotatable bonds is 11. The first-order valence-corrected chi connectivity index (χ1v) is 9.02. The maximum absolute atomic E-state index is 11.2. The number of halogens is 1. The lowest BCUT2D eigenvalue weighted by Crippen LogP contribution is -2.35. The van der Waals surface area contributed by atoms with Crippen LogP contribution in [0.4, 0.5) is 0 Å². The predicted molar refractivity (Wildman–Crippen MR) is 99.0 cm³/mol. The van der Waals surface area contributed by atoms with Gasteiger partial charge in [0.25, 0.3) is 0 Å². The first-order chi connectivity index (χ1) is 11.3. The monoisotopic (exact) mass is 355 g/mol. The Bertz CT molecular complexity index is 519. The van der Waals surface area contributed by atoms with Gasteiger partial charge in [0.15, 0.2) is 0 Å². The van der Waals surface area contributed by atoms with E-state index >= 15 is 0 Å². The van der Waals surface area contributed by atoms with Gasteiger partial charge in [0, 0.05) is 17.6 Å². The molecule has 0 fully saturated rings. The number of ether oxygens (including phenoxy) is 1. The minimum absolute atomic E-state index is 0.273. The van der Waals surface area contributed by atoms with E-state index in [1.807, 2.05) is 25.1 Å². The molecule has 1 rings (SSSR count). The Morgan fingerprint density at radius 3 is 2.62 bits per heavy atom. The van der Waals surface area contributed by atoms with Crippen molar-refractivity contribution in [1.29, 1.82) is 0 Å². The first-order valence-electron chi connectivity index (χ1n) is 8.64. The number of aryl methyl sites for hydroxylation is 1. The zero-order chi connectivity index (χ0) is 18.1. The summed E-state index contributed by atoms with van der Waals surface area (Å²) in [4.78, 5) is 11.2. The van der Waals surface area contributed by atoms with E-state index in [1.165, 1.54) is 0 Å². The van der Waals surface area contributed by atoms with Crippen molar-refractivity contribution in [3.8, 4) is 5.75 Å². The van der Waals surface area contributed by atoms with Crippen LogP contribution in [0.1, 0.15) is 45.6 Å². The van der Waals surface area contributed by atoms with Crippen molar-refractivity contribution in [3.63, 3.8) is 0 Å². The third kappa shape index (κ3) is 8.02. The number of hydrogen-bond acceptors (Lipinski definition) is 3. The molecule has 1 aromatic rings. The van der Waals surface area contributed by atoms with Gasteiger partial charge in [-0.2, -0.15) is 0 Å². The van der Waals surface area contributed by atoms with Gasteiger partial charge in [-0.15, -0.1) is 0 Å². The Labute approximate surface area is 150 Å². The number of benzene rings is 1. The largest absolute Gasteiger partial charge is 0.494 e. The molecule has 136 valence electrons. The molecule has 24 heavy (non-hydrogen) atoms. The molecule has 0 spiro atoms. The molecule has 0 bridgehead atoms. The second kappa shape index (κ2) is 10.6. The van der Waals surface area contributed by atoms with E-state index in [9.17, 15) is 9.90 Å². The number of aliphatic carboxylic acids is 1. The van der Waals surface area contributed by atoms with Crippen LogP contribution in [0.15, 0.2) is 18.2 Å². The standard InChI is InChI=1S/C19H30ClNO3/c1-13(2)10-16(19(22)23)12-21-15(4)6-5-9-24-17-7-8-18(20)14(3)11-17/h7-8,11,13,15-16,21H,5-6,9-10,12H2,1-4H3,(H,22,23). The molecular formula is C19H30ClNO3. The zero-order valence-electron chi connectivity index (χ0n) is 15.1. The zero-order valence-corrected chi connectivity index (χ0v) is 15.9. The van der Waals surface area contributed by atoms with Gasteiger partial charge in [0.2, 0.25) is 0 Å². The summed E-state index contributed by atoms with van der Waals surface area (Å²) in [6, 6.07) is 5.93. The summed E-state index contributed by atoms with van der Waals surface area (Å²) in [5.74, 6) is 0.186. The minimum Gasteiger partial charge on any atom is -0.494 e. The summed E-state index contributed by atoms with van der Waals surface area (Å²) in [6.07, 6.45) is 2.56. The van der Waals surface area contributed by atoms with Crippen molar-refractivity contribution < 1.29 is 14.6 Å². The minimum atomic E-state index is -0.718. The number of nitrogens with one attached hydrogen (secondary N) is 1. The lowest BCUT2D eigenvalue weighted by atomic mass is 9.97. The summed E-state index contributed by atoms with van der Waals surface area (Å²) < 4.78 is 5.73. The van der Waals surface area contributed by atoms with Gasteiger partial charge in [0.05, 0.1) is 12.5 Å². The summed E-state index contributed by atoms with van der Waals surface area (Å²) in [7, 11) is 0. The quantitative estimate of drug-likeness (QED) is 0.572. The van der Waals surface area contributed by atoms with Crippen molar-refractivity contribution in [2.45, 2.75) is 53.0 Å². The predicted octanol–water partition coefficient (Wildman–Crippen LogP) is 4.53. The van der Waals surface area contributed by atoms with Gasteiger partial charge in [0.1, 0.15) is 5.75 Å². The van der Waals surface area contributed by atoms with Gasteiger partial charge < -0.3 is 15.2 Å². The molecule has 5 heteroatoms. The molecular weight excluding hydrogens is 326 g/mol. The van der Waals surface area contributed by atoms with Crippen LogP contribution in [0.3, 0.4) is 0 Å². The number of carboxylic acids is 1. The molecule has 4 nitrogen and oxygen atoms in total. The molecule has 0 radical (unpaired) electrons. The van der Waals surface area contributed by atoms with E-state index in [0.717, 1.165) is 29.2 Å². The highest BCUT2D eigenvalue weighted by atomic mass is 35.5. The summed E-state index contributed by atoms with van der Waals surface area (Å²) in [5.41, 5.74) is 1.01. The molecule has 0 saturated carbocycles. The molecule has 0 amide bonds. The fraction of sp³-hybridized carbons (Fsp3) is 0.632. The summed E-state index contributed by atoms with van der Waals surface area (Å²) in [6.45, 7) is 9.30. The smallest absolute Gasteiger partial charge is 0.307 e. The van der Waals surface area contributed by atoms with E-state index in [1.54, 1.807) is 0 Å². The van der Waals surface area contributed by atoms with Crippen LogP contribution in [0.2, 0.25) is 5.02 Å². The Balaban J connectivity index is 2.24. The van der Waals surface area contributed by atoms with Crippen LogP contribution in [-0.4, -0.2) is 30.3 Å². The van der Waals surface area contributed by atoms with Crippen LogP contribution in [-0.2, 0) is 4.79 Å². The summed E-state index contributed by atoms with van der Waals surface area (Å²) in [5, 5.41) is 13.3. The highest BCUT2D eigenvalue weighted by Crippen LogP contribution is 2.21. The third-order valence-electron chi connectivity index (χ3n) is 4.00. The average Bonchev–Trinajstić information content (AvgIpc) is 2.50. The van der Waals surface area contributed by atoms with Crippen molar-refractivity contribution >= 4 is 17.6 Å². The van der Waals surface area contributed by atoms with Crippen molar-refractivity contribution in [3.05, 3.63) is 28.8 Å². The fourth-order valence-corrected chi connectivity index (χ4v) is 2.69. The van der Waals surface area contributed by atoms with Gasteiger partial charge in [-0.3, -0.25) is 4.79 Å². The van der Waals surface area contributed by atoms with Gasteiger partial charge in [-0.1, -0.05) is 25.4 Å².